The third kappa shape index (κ3) is 7.67. The average Bonchev–Trinajstić information content (AvgIpc) is 3.51. The smallest absolute Gasteiger partial charge is 0.162 e. The number of benzene rings is 3. The van der Waals surface area contributed by atoms with E-state index in [1.807, 2.05) is 45.2 Å². The van der Waals surface area contributed by atoms with Crippen LogP contribution in [0.25, 0.3) is 42.2 Å². The van der Waals surface area contributed by atoms with Crippen LogP contribution >= 0.6 is 11.3 Å². The second-order valence-corrected chi connectivity index (χ2v) is 17.4. The van der Waals surface area contributed by atoms with Crippen LogP contribution < -0.4 is 0 Å². The van der Waals surface area contributed by atoms with Crippen LogP contribution in [0.5, 0.6) is 0 Å². The van der Waals surface area contributed by atoms with Crippen molar-refractivity contribution in [3.8, 4) is 11.3 Å². The number of aromatic nitrogens is 1. The van der Waals surface area contributed by atoms with Crippen LogP contribution in [0.3, 0.4) is 0 Å². The van der Waals surface area contributed by atoms with E-state index in [1.165, 1.54) is 49.2 Å². The normalized spacial score (nSPS) is 15.3. The van der Waals surface area contributed by atoms with E-state index in [4.69, 9.17) is 4.98 Å². The van der Waals surface area contributed by atoms with Crippen molar-refractivity contribution < 1.29 is 30.0 Å². The molecule has 0 amide bonds. The quantitative estimate of drug-likeness (QED) is 0.0960. The number of pyridine rings is 1. The molecule has 2 heterocycles. The van der Waals surface area contributed by atoms with E-state index < -0.39 is 0 Å². The molecular formula is C45H56IrNO2S-. The molecule has 1 radical (unpaired) electrons. The molecule has 0 atom stereocenters. The van der Waals surface area contributed by atoms with Gasteiger partial charge in [-0.2, -0.15) is 0 Å². The predicted octanol–water partition coefficient (Wildman–Crippen LogP) is 13.2. The van der Waals surface area contributed by atoms with Gasteiger partial charge < -0.3 is 5.11 Å². The molecule has 1 aliphatic carbocycles. The molecular weight excluding hydrogens is 811 g/mol. The first-order valence-electron chi connectivity index (χ1n) is 18.3. The van der Waals surface area contributed by atoms with Crippen LogP contribution in [-0.2, 0) is 41.1 Å². The fourth-order valence-corrected chi connectivity index (χ4v) is 9.77. The average molecular weight is 867 g/mol. The fourth-order valence-electron chi connectivity index (χ4n) is 8.24. The second kappa shape index (κ2) is 15.4. The van der Waals surface area contributed by atoms with Crippen molar-refractivity contribution in [2.75, 3.05) is 0 Å². The third-order valence-corrected chi connectivity index (χ3v) is 12.0. The number of allylic oxidation sites excluding steroid dienone is 2. The van der Waals surface area contributed by atoms with Gasteiger partial charge in [-0.3, -0.25) is 9.78 Å². The van der Waals surface area contributed by atoms with Gasteiger partial charge in [0.25, 0.3) is 0 Å². The summed E-state index contributed by atoms with van der Waals surface area (Å²) in [6.45, 7) is 24.6. The first-order chi connectivity index (χ1) is 23.1. The number of ketones is 1. The predicted molar refractivity (Wildman–Crippen MR) is 212 cm³/mol. The summed E-state index contributed by atoms with van der Waals surface area (Å²) in [7, 11) is 0. The van der Waals surface area contributed by atoms with E-state index in [0.717, 1.165) is 42.3 Å². The Balaban J connectivity index is 0.000000301. The molecule has 2 aromatic heterocycles. The van der Waals surface area contributed by atoms with Gasteiger partial charge in [0.1, 0.15) is 0 Å². The minimum atomic E-state index is 0. The van der Waals surface area contributed by atoms with Crippen LogP contribution in [0, 0.1) is 17.9 Å². The third-order valence-electron chi connectivity index (χ3n) is 10.8. The molecule has 1 aliphatic rings. The Labute approximate surface area is 318 Å². The molecule has 0 aliphatic heterocycles. The van der Waals surface area contributed by atoms with Gasteiger partial charge in [-0.1, -0.05) is 117 Å². The van der Waals surface area contributed by atoms with Crippen LogP contribution in [0.2, 0.25) is 0 Å². The van der Waals surface area contributed by atoms with Crippen LogP contribution in [0.15, 0.2) is 66.6 Å². The first kappa shape index (κ1) is 39.9. The Kier molecular flexibility index (Phi) is 12.3. The number of thiophene rings is 1. The number of hydrogen-bond acceptors (Lipinski definition) is 4. The Morgan fingerprint density at radius 2 is 1.50 bits per heavy atom. The van der Waals surface area contributed by atoms with Crippen molar-refractivity contribution in [1.82, 2.24) is 4.98 Å². The molecule has 269 valence electrons. The molecule has 0 fully saturated rings. The zero-order chi connectivity index (χ0) is 35.9. The van der Waals surface area contributed by atoms with Crippen molar-refractivity contribution >= 4 is 48.1 Å². The SMILES string of the molecule is CC(C)(C)c1cc(-c2nccc3c2sc2c4c(ccc23)C(C)(C)CC4(C)C)[c-]c2ccccc12.CCC(CC)C(=O)/C=C(\O)C(CC)CC.[Ir]. The minimum Gasteiger partial charge on any atom is -0.512 e. The Morgan fingerprint density at radius 3 is 2.12 bits per heavy atom. The summed E-state index contributed by atoms with van der Waals surface area (Å²) < 4.78 is 2.71. The summed E-state index contributed by atoms with van der Waals surface area (Å²) >= 11 is 1.93. The van der Waals surface area contributed by atoms with E-state index in [0.29, 0.717) is 0 Å². The van der Waals surface area contributed by atoms with Gasteiger partial charge in [0.2, 0.25) is 0 Å². The maximum Gasteiger partial charge on any atom is 0.162 e. The molecule has 0 saturated carbocycles. The number of rotatable bonds is 8. The molecule has 6 rings (SSSR count). The monoisotopic (exact) mass is 867 g/mol. The molecule has 0 unspecified atom stereocenters. The van der Waals surface area contributed by atoms with Gasteiger partial charge in [-0.25, -0.2) is 0 Å². The minimum absolute atomic E-state index is 0. The maximum absolute atomic E-state index is 11.7. The van der Waals surface area contributed by atoms with Gasteiger partial charge in [0.15, 0.2) is 5.78 Å². The molecule has 1 N–H and O–H groups in total. The Hall–Kier alpha value is -2.85. The number of carbonyl (C=O) groups excluding carboxylic acids is 1. The van der Waals surface area contributed by atoms with Gasteiger partial charge in [0, 0.05) is 64.7 Å². The summed E-state index contributed by atoms with van der Waals surface area (Å²) in [4.78, 5) is 16.7. The summed E-state index contributed by atoms with van der Waals surface area (Å²) in [5.41, 5.74) is 6.96. The van der Waals surface area contributed by atoms with Crippen molar-refractivity contribution in [3.05, 3.63) is 89.3 Å². The van der Waals surface area contributed by atoms with Crippen LogP contribution in [0.1, 0.15) is 125 Å². The number of aliphatic hydroxyl groups is 1. The number of hydrogen-bond donors (Lipinski definition) is 1. The Morgan fingerprint density at radius 1 is 0.880 bits per heavy atom. The molecule has 5 heteroatoms. The zero-order valence-corrected chi connectivity index (χ0v) is 35.2. The van der Waals surface area contributed by atoms with E-state index in [9.17, 15) is 9.90 Å². The molecule has 0 saturated heterocycles. The molecule has 5 aromatic rings. The number of carbonyl (C=O) groups is 1. The topological polar surface area (TPSA) is 50.2 Å². The molecule has 0 spiro atoms. The van der Waals surface area contributed by atoms with Gasteiger partial charge in [-0.15, -0.1) is 40.5 Å². The zero-order valence-electron chi connectivity index (χ0n) is 32.0. The van der Waals surface area contributed by atoms with Gasteiger partial charge >= 0.3 is 0 Å². The maximum atomic E-state index is 11.7. The van der Waals surface area contributed by atoms with E-state index in [1.54, 1.807) is 5.56 Å². The van der Waals surface area contributed by atoms with Crippen LogP contribution in [-0.4, -0.2) is 15.9 Å². The standard InChI is InChI=1S/C32H32NS.C13H24O2.Ir/c1-30(2,3)25-17-20(16-19-10-8-9-11-21(19)25)27-29-23(14-15-33-27)22-12-13-24-26(28(22)34-29)32(6,7)18-31(24,4)5;1-5-10(6-2)12(14)9-13(15)11(7-3)8-4;/h8-15,17H,18H2,1-7H3;9-11,14H,5-8H2,1-4H3;/q-1;;/b;12-9-;. The van der Waals surface area contributed by atoms with E-state index in [-0.39, 0.29) is 59.7 Å². The first-order valence-corrected chi connectivity index (χ1v) is 19.1. The second-order valence-electron chi connectivity index (χ2n) is 16.3. The van der Waals surface area contributed by atoms with Crippen LogP contribution in [0.4, 0.5) is 0 Å². The molecule has 50 heavy (non-hydrogen) atoms. The summed E-state index contributed by atoms with van der Waals surface area (Å²) in [5, 5.41) is 14.9. The largest absolute Gasteiger partial charge is 0.512 e. The number of aliphatic hydroxyl groups excluding tert-OH is 1. The number of fused-ring (bicyclic) bond motifs is 6. The van der Waals surface area contributed by atoms with Crippen molar-refractivity contribution in [2.24, 2.45) is 11.8 Å². The number of nitrogens with zero attached hydrogens (tertiary/aromatic N) is 1. The van der Waals surface area contributed by atoms with Gasteiger partial charge in [0.05, 0.1) is 5.76 Å². The molecule has 3 nitrogen and oxygen atoms in total. The molecule has 0 bridgehead atoms. The Bertz CT molecular complexity index is 2020. The van der Waals surface area contributed by atoms with Gasteiger partial charge in [-0.05, 0) is 70.9 Å². The van der Waals surface area contributed by atoms with Crippen molar-refractivity contribution in [1.29, 1.82) is 0 Å². The van der Waals surface area contributed by atoms with Crippen molar-refractivity contribution in [2.45, 2.75) is 125 Å². The summed E-state index contributed by atoms with van der Waals surface area (Å²) in [6, 6.07) is 21.6. The molecule has 3 aromatic carbocycles. The van der Waals surface area contributed by atoms with Crippen molar-refractivity contribution in [3.63, 3.8) is 0 Å². The van der Waals surface area contributed by atoms with E-state index in [2.05, 4.69) is 103 Å². The van der Waals surface area contributed by atoms with E-state index >= 15 is 0 Å². The fraction of sp³-hybridized carbons (Fsp3) is 0.467. The summed E-state index contributed by atoms with van der Waals surface area (Å²) in [5.74, 6) is 0.547. The summed E-state index contributed by atoms with van der Waals surface area (Å²) in [6.07, 6.45) is 8.07.